The SMILES string of the molecule is CC(C)[C@H](NC(=O)N[C@H](C(=O)N1C[C@H](C(C)(C)O)C[C@H]1C(=O)NC(CC1CC1)C(=O)C(N)=O)C(C)(C)C)C(=O)c1cccc(Br)n1. The van der Waals surface area contributed by atoms with Gasteiger partial charge in [0.25, 0.3) is 5.91 Å². The lowest BCUT2D eigenvalue weighted by atomic mass is 9.85. The van der Waals surface area contributed by atoms with Crippen molar-refractivity contribution in [3.63, 3.8) is 0 Å². The molecule has 1 unspecified atom stereocenters. The number of rotatable bonds is 13. The number of carbonyl (C=O) groups excluding carboxylic acids is 6. The predicted molar refractivity (Wildman–Crippen MR) is 173 cm³/mol. The molecule has 1 aliphatic carbocycles. The lowest BCUT2D eigenvalue weighted by Gasteiger charge is -2.36. The molecule has 1 saturated carbocycles. The molecule has 0 radical (unpaired) electrons. The topological polar surface area (TPSA) is 201 Å². The Morgan fingerprint density at radius 2 is 1.67 bits per heavy atom. The molecule has 1 aromatic heterocycles. The summed E-state index contributed by atoms with van der Waals surface area (Å²) in [5.74, 6) is -4.32. The van der Waals surface area contributed by atoms with Crippen molar-refractivity contribution < 1.29 is 33.9 Å². The first-order valence-corrected chi connectivity index (χ1v) is 16.4. The van der Waals surface area contributed by atoms with Gasteiger partial charge in [-0.1, -0.05) is 53.5 Å². The molecule has 1 saturated heterocycles. The Balaban J connectivity index is 1.85. The number of hydrogen-bond acceptors (Lipinski definition) is 8. The minimum absolute atomic E-state index is 0.00894. The Bertz CT molecular complexity index is 1350. The van der Waals surface area contributed by atoms with E-state index >= 15 is 0 Å². The van der Waals surface area contributed by atoms with Crippen LogP contribution in [0.25, 0.3) is 0 Å². The number of nitrogens with two attached hydrogens (primary N) is 1. The minimum Gasteiger partial charge on any atom is -0.390 e. The van der Waals surface area contributed by atoms with Crippen molar-refractivity contribution in [3.05, 3.63) is 28.5 Å². The van der Waals surface area contributed by atoms with Crippen LogP contribution < -0.4 is 21.7 Å². The van der Waals surface area contributed by atoms with Crippen LogP contribution in [0.2, 0.25) is 0 Å². The molecule has 1 aliphatic heterocycles. The number of nitrogens with zero attached hydrogens (tertiary/aromatic N) is 2. The Kier molecular flexibility index (Phi) is 11.7. The summed E-state index contributed by atoms with van der Waals surface area (Å²) >= 11 is 3.25. The smallest absolute Gasteiger partial charge is 0.316 e. The van der Waals surface area contributed by atoms with E-state index in [0.717, 1.165) is 12.8 Å². The van der Waals surface area contributed by atoms with Gasteiger partial charge in [0.05, 0.1) is 17.7 Å². The summed E-state index contributed by atoms with van der Waals surface area (Å²) in [6, 6.07) is -0.176. The van der Waals surface area contributed by atoms with Crippen molar-refractivity contribution in [3.8, 4) is 0 Å². The van der Waals surface area contributed by atoms with Crippen LogP contribution in [0.4, 0.5) is 4.79 Å². The number of likely N-dealkylation sites (tertiary alicyclic amines) is 1. The molecule has 2 aliphatic rings. The molecule has 2 fully saturated rings. The van der Waals surface area contributed by atoms with Gasteiger partial charge in [-0.3, -0.25) is 24.0 Å². The molecule has 13 nitrogen and oxygen atoms in total. The Hall–Kier alpha value is -3.39. The monoisotopic (exact) mass is 706 g/mol. The molecule has 6 N–H and O–H groups in total. The van der Waals surface area contributed by atoms with E-state index in [0.29, 0.717) is 4.60 Å². The van der Waals surface area contributed by atoms with Gasteiger partial charge in [-0.25, -0.2) is 9.78 Å². The molecule has 0 aromatic carbocycles. The average Bonchev–Trinajstić information content (AvgIpc) is 3.64. The quantitative estimate of drug-likeness (QED) is 0.117. The number of aliphatic hydroxyl groups is 1. The van der Waals surface area contributed by atoms with E-state index in [9.17, 15) is 33.9 Å². The fourth-order valence-corrected chi connectivity index (χ4v) is 5.91. The van der Waals surface area contributed by atoms with Gasteiger partial charge >= 0.3 is 6.03 Å². The maximum Gasteiger partial charge on any atom is 0.316 e. The number of amides is 5. The fourth-order valence-electron chi connectivity index (χ4n) is 5.57. The molecule has 1 aromatic rings. The third kappa shape index (κ3) is 9.57. The second kappa shape index (κ2) is 14.6. The molecule has 5 atom stereocenters. The summed E-state index contributed by atoms with van der Waals surface area (Å²) in [4.78, 5) is 84.4. The van der Waals surface area contributed by atoms with Crippen LogP contribution in [0.15, 0.2) is 22.8 Å². The average molecular weight is 708 g/mol. The molecular weight excluding hydrogens is 660 g/mol. The van der Waals surface area contributed by atoms with Gasteiger partial charge < -0.3 is 31.7 Å². The van der Waals surface area contributed by atoms with E-state index in [1.165, 1.54) is 4.90 Å². The lowest BCUT2D eigenvalue weighted by molar-refractivity contribution is -0.143. The van der Waals surface area contributed by atoms with Gasteiger partial charge in [0.15, 0.2) is 0 Å². The molecule has 254 valence electrons. The number of urea groups is 1. The highest BCUT2D eigenvalue weighted by Crippen LogP contribution is 2.36. The molecule has 3 rings (SSSR count). The molecule has 14 heteroatoms. The number of halogens is 1. The second-order valence-electron chi connectivity index (χ2n) is 14.4. The van der Waals surface area contributed by atoms with Gasteiger partial charge in [0.1, 0.15) is 22.4 Å². The van der Waals surface area contributed by atoms with E-state index in [4.69, 9.17) is 5.73 Å². The van der Waals surface area contributed by atoms with Crippen molar-refractivity contribution in [1.29, 1.82) is 0 Å². The van der Waals surface area contributed by atoms with Gasteiger partial charge in [-0.2, -0.15) is 0 Å². The van der Waals surface area contributed by atoms with E-state index in [2.05, 4.69) is 36.9 Å². The zero-order valence-electron chi connectivity index (χ0n) is 27.6. The molecule has 46 heavy (non-hydrogen) atoms. The van der Waals surface area contributed by atoms with Gasteiger partial charge in [-0.05, 0) is 72.0 Å². The lowest BCUT2D eigenvalue weighted by Crippen LogP contribution is -2.61. The van der Waals surface area contributed by atoms with Crippen molar-refractivity contribution in [2.24, 2.45) is 28.9 Å². The van der Waals surface area contributed by atoms with Gasteiger partial charge in [0, 0.05) is 12.5 Å². The highest BCUT2D eigenvalue weighted by atomic mass is 79.9. The first kappa shape index (κ1) is 37.1. The number of primary amides is 1. The summed E-state index contributed by atoms with van der Waals surface area (Å²) < 4.78 is 0.468. The van der Waals surface area contributed by atoms with Crippen molar-refractivity contribution in [2.45, 2.75) is 104 Å². The van der Waals surface area contributed by atoms with Crippen LogP contribution >= 0.6 is 15.9 Å². The predicted octanol–water partition coefficient (Wildman–Crippen LogP) is 2.09. The van der Waals surface area contributed by atoms with E-state index < -0.39 is 76.4 Å². The fraction of sp³-hybridized carbons (Fsp3) is 0.656. The minimum atomic E-state index is -1.25. The third-order valence-electron chi connectivity index (χ3n) is 8.62. The van der Waals surface area contributed by atoms with Crippen LogP contribution in [0.3, 0.4) is 0 Å². The van der Waals surface area contributed by atoms with Gasteiger partial charge in [-0.15, -0.1) is 0 Å². The van der Waals surface area contributed by atoms with E-state index in [1.54, 1.807) is 66.7 Å². The second-order valence-corrected chi connectivity index (χ2v) is 15.2. The van der Waals surface area contributed by atoms with Crippen LogP contribution in [-0.2, 0) is 19.2 Å². The normalized spacial score (nSPS) is 20.4. The number of hydrogen-bond donors (Lipinski definition) is 5. The van der Waals surface area contributed by atoms with Crippen LogP contribution in [0.5, 0.6) is 0 Å². The number of nitrogens with one attached hydrogen (secondary N) is 3. The number of ketones is 2. The first-order valence-electron chi connectivity index (χ1n) is 15.6. The molecule has 0 bridgehead atoms. The maximum atomic E-state index is 14.2. The molecular formula is C32H47BrN6O7. The zero-order chi connectivity index (χ0) is 34.7. The number of Topliss-reactive ketones (excluding diaryl/α,β-unsaturated/α-hetero) is 2. The summed E-state index contributed by atoms with van der Waals surface area (Å²) in [7, 11) is 0. The molecule has 2 heterocycles. The Morgan fingerprint density at radius 1 is 1.04 bits per heavy atom. The number of pyridine rings is 1. The Labute approximate surface area is 278 Å². The largest absolute Gasteiger partial charge is 0.390 e. The molecule has 5 amide bonds. The van der Waals surface area contributed by atoms with E-state index in [1.807, 2.05) is 0 Å². The van der Waals surface area contributed by atoms with E-state index in [-0.39, 0.29) is 36.9 Å². The standard InChI is InChI=1S/C32H47BrN6O7/c1-16(2)23(24(40)19-9-8-10-22(33)35-19)37-30(45)38-26(31(3,4)5)29(44)39-15-18(32(6,7)46)14-21(39)28(43)36-20(13-17-11-12-17)25(41)27(34)42/h8-10,16-18,20-21,23,26,46H,11-15H2,1-7H3,(H2,34,42)(H,36,43)(H2,37,38,45)/t18-,20?,21+,23+,26-/m1/s1. The van der Waals surface area contributed by atoms with Crippen LogP contribution in [-0.4, -0.2) is 86.6 Å². The summed E-state index contributed by atoms with van der Waals surface area (Å²) in [6.07, 6.45) is 2.10. The van der Waals surface area contributed by atoms with Crippen molar-refractivity contribution >= 4 is 51.2 Å². The summed E-state index contributed by atoms with van der Waals surface area (Å²) in [5, 5.41) is 18.9. The zero-order valence-corrected chi connectivity index (χ0v) is 29.1. The van der Waals surface area contributed by atoms with Gasteiger partial charge in [0.2, 0.25) is 23.4 Å². The summed E-state index contributed by atoms with van der Waals surface area (Å²) in [5.41, 5.74) is 3.32. The third-order valence-corrected chi connectivity index (χ3v) is 9.06. The summed E-state index contributed by atoms with van der Waals surface area (Å²) in [6.45, 7) is 12.0. The highest BCUT2D eigenvalue weighted by Gasteiger charge is 2.49. The maximum absolute atomic E-state index is 14.2. The van der Waals surface area contributed by atoms with Crippen LogP contribution in [0.1, 0.15) is 84.6 Å². The molecule has 0 spiro atoms. The number of carbonyl (C=O) groups is 6. The van der Waals surface area contributed by atoms with Crippen molar-refractivity contribution in [1.82, 2.24) is 25.8 Å². The number of aromatic nitrogens is 1. The first-order chi connectivity index (χ1) is 21.2. The van der Waals surface area contributed by atoms with Crippen LogP contribution in [0, 0.1) is 23.2 Å². The highest BCUT2D eigenvalue weighted by molar-refractivity contribution is 9.10. The van der Waals surface area contributed by atoms with Crippen molar-refractivity contribution in [2.75, 3.05) is 6.54 Å². The Morgan fingerprint density at radius 3 is 2.17 bits per heavy atom.